The van der Waals surface area contributed by atoms with Crippen molar-refractivity contribution < 1.29 is 31.5 Å². The van der Waals surface area contributed by atoms with Crippen LogP contribution in [0.2, 0.25) is 0 Å². The number of rotatable bonds is 6. The van der Waals surface area contributed by atoms with Crippen LogP contribution in [0.1, 0.15) is 34.5 Å². The van der Waals surface area contributed by atoms with E-state index in [1.165, 1.54) is 30.3 Å². The highest BCUT2D eigenvalue weighted by Crippen LogP contribution is 2.19. The normalized spacial score (nSPS) is 12.7. The molecule has 2 aromatic rings. The Kier molecular flexibility index (Phi) is 6.31. The first-order chi connectivity index (χ1) is 12.2. The molecule has 0 bridgehead atoms. The van der Waals surface area contributed by atoms with Crippen LogP contribution in [-0.4, -0.2) is 18.7 Å². The molecule has 8 heteroatoms. The molecule has 140 valence electrons. The number of ether oxygens (including phenoxy) is 1. The Labute approximate surface area is 146 Å². The van der Waals surface area contributed by atoms with Crippen molar-refractivity contribution in [1.29, 1.82) is 0 Å². The fourth-order valence-corrected chi connectivity index (χ4v) is 2.25. The minimum Gasteiger partial charge on any atom is -0.367 e. The lowest BCUT2D eigenvalue weighted by Gasteiger charge is -2.15. The lowest BCUT2D eigenvalue weighted by molar-refractivity contribution is -0.176. The maximum Gasteiger partial charge on any atom is 0.411 e. The molecular formula is C18H16F5NO2. The largest absolute Gasteiger partial charge is 0.411 e. The highest BCUT2D eigenvalue weighted by atomic mass is 19.4. The van der Waals surface area contributed by atoms with Crippen molar-refractivity contribution in [3.05, 3.63) is 70.8 Å². The van der Waals surface area contributed by atoms with Crippen LogP contribution in [-0.2, 0) is 11.3 Å². The molecule has 0 aliphatic rings. The summed E-state index contributed by atoms with van der Waals surface area (Å²) in [5.74, 6) is -1.98. The van der Waals surface area contributed by atoms with Crippen LogP contribution in [0, 0.1) is 11.6 Å². The Hall–Kier alpha value is -2.48. The molecule has 1 N–H and O–H groups in total. The van der Waals surface area contributed by atoms with E-state index in [9.17, 15) is 26.7 Å². The molecule has 0 unspecified atom stereocenters. The first-order valence-electron chi connectivity index (χ1n) is 7.65. The van der Waals surface area contributed by atoms with Crippen LogP contribution in [0.3, 0.4) is 0 Å². The monoisotopic (exact) mass is 373 g/mol. The second kappa shape index (κ2) is 8.27. The van der Waals surface area contributed by atoms with Gasteiger partial charge in [-0.05, 0) is 30.7 Å². The minimum atomic E-state index is -4.40. The summed E-state index contributed by atoms with van der Waals surface area (Å²) in [7, 11) is 0. The van der Waals surface area contributed by atoms with Crippen molar-refractivity contribution in [2.75, 3.05) is 6.61 Å². The third-order valence-corrected chi connectivity index (χ3v) is 3.53. The fourth-order valence-electron chi connectivity index (χ4n) is 2.25. The van der Waals surface area contributed by atoms with Crippen LogP contribution < -0.4 is 5.32 Å². The van der Waals surface area contributed by atoms with Gasteiger partial charge in [0.2, 0.25) is 0 Å². The molecule has 2 rings (SSSR count). The maximum absolute atomic E-state index is 13.7. The van der Waals surface area contributed by atoms with Crippen LogP contribution in [0.5, 0.6) is 0 Å². The molecule has 1 amide bonds. The van der Waals surface area contributed by atoms with E-state index in [2.05, 4.69) is 10.1 Å². The van der Waals surface area contributed by atoms with Gasteiger partial charge in [0, 0.05) is 17.2 Å². The Morgan fingerprint density at radius 3 is 2.35 bits per heavy atom. The zero-order valence-electron chi connectivity index (χ0n) is 13.7. The van der Waals surface area contributed by atoms with Gasteiger partial charge in [0.1, 0.15) is 18.2 Å². The smallest absolute Gasteiger partial charge is 0.367 e. The number of nitrogens with one attached hydrogen (secondary N) is 1. The molecule has 0 saturated carbocycles. The van der Waals surface area contributed by atoms with Gasteiger partial charge in [-0.2, -0.15) is 13.2 Å². The van der Waals surface area contributed by atoms with E-state index in [-0.39, 0.29) is 17.7 Å². The van der Waals surface area contributed by atoms with Crippen molar-refractivity contribution in [3.8, 4) is 0 Å². The van der Waals surface area contributed by atoms with Crippen LogP contribution in [0.25, 0.3) is 0 Å². The predicted octanol–water partition coefficient (Wildman–Crippen LogP) is 4.53. The van der Waals surface area contributed by atoms with Crippen LogP contribution in [0.4, 0.5) is 22.0 Å². The minimum absolute atomic E-state index is 0.136. The van der Waals surface area contributed by atoms with Crippen molar-refractivity contribution in [2.45, 2.75) is 25.7 Å². The summed E-state index contributed by atoms with van der Waals surface area (Å²) in [4.78, 5) is 12.2. The van der Waals surface area contributed by atoms with E-state index in [0.29, 0.717) is 5.56 Å². The van der Waals surface area contributed by atoms with Gasteiger partial charge < -0.3 is 10.1 Å². The average molecular weight is 373 g/mol. The van der Waals surface area contributed by atoms with Gasteiger partial charge in [0.05, 0.1) is 12.6 Å². The zero-order chi connectivity index (χ0) is 19.3. The highest BCUT2D eigenvalue weighted by molar-refractivity contribution is 5.94. The van der Waals surface area contributed by atoms with Crippen LogP contribution in [0.15, 0.2) is 42.5 Å². The number of alkyl halides is 3. The molecular weight excluding hydrogens is 357 g/mol. The Balaban J connectivity index is 1.95. The average Bonchev–Trinajstić information content (AvgIpc) is 2.54. The molecule has 0 heterocycles. The van der Waals surface area contributed by atoms with Crippen molar-refractivity contribution in [2.24, 2.45) is 0 Å². The summed E-state index contributed by atoms with van der Waals surface area (Å²) in [6.45, 7) is -0.0395. The van der Waals surface area contributed by atoms with Crippen molar-refractivity contribution >= 4 is 5.91 Å². The third-order valence-electron chi connectivity index (χ3n) is 3.53. The van der Waals surface area contributed by atoms with Gasteiger partial charge in [0.15, 0.2) is 0 Å². The number of halogens is 5. The van der Waals surface area contributed by atoms with Gasteiger partial charge in [0.25, 0.3) is 5.91 Å². The highest BCUT2D eigenvalue weighted by Gasteiger charge is 2.27. The molecule has 0 aliphatic carbocycles. The number of hydrogen-bond donors (Lipinski definition) is 1. The summed E-state index contributed by atoms with van der Waals surface area (Å²) in [6, 6.07) is 8.16. The maximum atomic E-state index is 13.7. The van der Waals surface area contributed by atoms with Crippen molar-refractivity contribution in [3.63, 3.8) is 0 Å². The summed E-state index contributed by atoms with van der Waals surface area (Å²) in [5, 5.41) is 2.57. The first-order valence-corrected chi connectivity index (χ1v) is 7.65. The second-order valence-corrected chi connectivity index (χ2v) is 5.67. The van der Waals surface area contributed by atoms with Gasteiger partial charge in [-0.15, -0.1) is 0 Å². The van der Waals surface area contributed by atoms with Gasteiger partial charge >= 0.3 is 6.18 Å². The summed E-state index contributed by atoms with van der Waals surface area (Å²) in [5.41, 5.74) is 0.860. The molecule has 0 aromatic heterocycles. The van der Waals surface area contributed by atoms with Gasteiger partial charge in [-0.3, -0.25) is 4.79 Å². The van der Waals surface area contributed by atoms with E-state index in [4.69, 9.17) is 0 Å². The molecule has 3 nitrogen and oxygen atoms in total. The fraction of sp³-hybridized carbons (Fsp3) is 0.278. The zero-order valence-corrected chi connectivity index (χ0v) is 13.7. The van der Waals surface area contributed by atoms with E-state index < -0.39 is 36.4 Å². The molecule has 26 heavy (non-hydrogen) atoms. The molecule has 0 aliphatic heterocycles. The molecule has 0 saturated heterocycles. The predicted molar refractivity (Wildman–Crippen MR) is 84.4 cm³/mol. The molecule has 0 radical (unpaired) electrons. The standard InChI is InChI=1S/C18H16F5NO2/c1-11(15-7-6-14(19)8-16(15)20)24-17(25)13-4-2-12(3-5-13)9-26-10-18(21,22)23/h2-8,11H,9-10H2,1H3,(H,24,25)/t11-/m0/s1. The SMILES string of the molecule is C[C@H](NC(=O)c1ccc(COCC(F)(F)F)cc1)c1ccc(F)cc1F. The quantitative estimate of drug-likeness (QED) is 0.756. The molecule has 2 aromatic carbocycles. The Morgan fingerprint density at radius 2 is 1.77 bits per heavy atom. The second-order valence-electron chi connectivity index (χ2n) is 5.67. The third kappa shape index (κ3) is 5.80. The number of carbonyl (C=O) groups is 1. The first kappa shape index (κ1) is 19.8. The van der Waals surface area contributed by atoms with E-state index in [1.54, 1.807) is 6.92 Å². The molecule has 0 fully saturated rings. The van der Waals surface area contributed by atoms with Gasteiger partial charge in [-0.25, -0.2) is 8.78 Å². The lowest BCUT2D eigenvalue weighted by atomic mass is 10.1. The van der Waals surface area contributed by atoms with E-state index >= 15 is 0 Å². The number of benzene rings is 2. The number of amides is 1. The molecule has 1 atom stereocenters. The summed E-state index contributed by atoms with van der Waals surface area (Å²) >= 11 is 0. The summed E-state index contributed by atoms with van der Waals surface area (Å²) < 4.78 is 67.2. The van der Waals surface area contributed by atoms with Crippen molar-refractivity contribution in [1.82, 2.24) is 5.32 Å². The van der Waals surface area contributed by atoms with Gasteiger partial charge in [-0.1, -0.05) is 18.2 Å². The van der Waals surface area contributed by atoms with E-state index in [0.717, 1.165) is 12.1 Å². The van der Waals surface area contributed by atoms with E-state index in [1.807, 2.05) is 0 Å². The lowest BCUT2D eigenvalue weighted by Crippen LogP contribution is -2.27. The molecule has 0 spiro atoms. The summed E-state index contributed by atoms with van der Waals surface area (Å²) in [6.07, 6.45) is -4.40. The topological polar surface area (TPSA) is 38.3 Å². The number of carbonyl (C=O) groups excluding carboxylic acids is 1. The van der Waals surface area contributed by atoms with Crippen LogP contribution >= 0.6 is 0 Å². The Bertz CT molecular complexity index is 759. The Morgan fingerprint density at radius 1 is 1.12 bits per heavy atom. The number of hydrogen-bond acceptors (Lipinski definition) is 2.